The van der Waals surface area contributed by atoms with E-state index in [0.717, 1.165) is 5.56 Å². The number of hydrogen-bond acceptors (Lipinski definition) is 6. The van der Waals surface area contributed by atoms with Crippen LogP contribution in [0.5, 0.6) is 0 Å². The van der Waals surface area contributed by atoms with Crippen LogP contribution >= 0.6 is 0 Å². The van der Waals surface area contributed by atoms with Crippen molar-refractivity contribution in [2.24, 2.45) is 0 Å². The summed E-state index contributed by atoms with van der Waals surface area (Å²) in [7, 11) is 0. The molecular weight excluding hydrogens is 362 g/mol. The summed E-state index contributed by atoms with van der Waals surface area (Å²) in [4.78, 5) is 32.6. The molecule has 0 saturated heterocycles. The Morgan fingerprint density at radius 1 is 1.21 bits per heavy atom. The molecule has 1 aliphatic rings. The van der Waals surface area contributed by atoms with E-state index in [0.29, 0.717) is 32.1 Å². The van der Waals surface area contributed by atoms with Gasteiger partial charge in [0.15, 0.2) is 0 Å². The minimum absolute atomic E-state index is 0.00577. The molecule has 4 rings (SSSR count). The maximum atomic E-state index is 12.3. The van der Waals surface area contributed by atoms with Crippen molar-refractivity contribution >= 4 is 17.8 Å². The third-order valence-electron chi connectivity index (χ3n) is 4.20. The van der Waals surface area contributed by atoms with Crippen molar-refractivity contribution in [2.75, 3.05) is 11.9 Å². The van der Waals surface area contributed by atoms with E-state index >= 15 is 0 Å². The number of amides is 2. The Labute approximate surface area is 160 Å². The molecule has 2 N–H and O–H groups in total. The van der Waals surface area contributed by atoms with E-state index in [4.69, 9.17) is 4.74 Å². The number of nitrogens with zero attached hydrogens (tertiary/aromatic N) is 5. The zero-order valence-corrected chi connectivity index (χ0v) is 15.0. The zero-order valence-electron chi connectivity index (χ0n) is 15.0. The van der Waals surface area contributed by atoms with E-state index in [9.17, 15) is 9.59 Å². The van der Waals surface area contributed by atoms with Crippen molar-refractivity contribution in [3.05, 3.63) is 59.9 Å². The summed E-state index contributed by atoms with van der Waals surface area (Å²) in [5.41, 5.74) is 1.29. The van der Waals surface area contributed by atoms with Crippen LogP contribution in [0.15, 0.2) is 42.9 Å². The molecule has 0 aliphatic carbocycles. The van der Waals surface area contributed by atoms with E-state index in [2.05, 4.69) is 25.7 Å². The van der Waals surface area contributed by atoms with Gasteiger partial charge in [-0.3, -0.25) is 14.9 Å². The highest BCUT2D eigenvalue weighted by molar-refractivity contribution is 6.01. The third kappa shape index (κ3) is 4.23. The second-order valence-corrected chi connectivity index (χ2v) is 6.27. The number of ether oxygens (including phenoxy) is 1. The molecule has 0 atom stereocenters. The van der Waals surface area contributed by atoms with E-state index in [1.165, 1.54) is 11.0 Å². The van der Waals surface area contributed by atoms with Crippen molar-refractivity contribution < 1.29 is 14.3 Å². The summed E-state index contributed by atoms with van der Waals surface area (Å²) in [6.07, 6.45) is 3.07. The summed E-state index contributed by atoms with van der Waals surface area (Å²) in [5, 5.41) is 9.51. The average molecular weight is 381 g/mol. The number of nitrogens with one attached hydrogen (secondary N) is 2. The molecule has 0 radical (unpaired) electrons. The van der Waals surface area contributed by atoms with Gasteiger partial charge in [-0.2, -0.15) is 0 Å². The number of carbonyl (C=O) groups is 2. The smallest absolute Gasteiger partial charge is 0.278 e. The normalized spacial score (nSPS) is 13.0. The van der Waals surface area contributed by atoms with Crippen LogP contribution in [-0.2, 0) is 35.8 Å². The van der Waals surface area contributed by atoms with Gasteiger partial charge in [0, 0.05) is 19.3 Å². The van der Waals surface area contributed by atoms with E-state index in [1.54, 1.807) is 6.20 Å². The van der Waals surface area contributed by atoms with Crippen molar-refractivity contribution in [2.45, 2.75) is 26.2 Å². The van der Waals surface area contributed by atoms with Gasteiger partial charge in [0.05, 0.1) is 6.61 Å². The first-order valence-corrected chi connectivity index (χ1v) is 8.82. The molecule has 0 unspecified atom stereocenters. The Morgan fingerprint density at radius 3 is 2.89 bits per heavy atom. The Balaban J connectivity index is 1.30. The molecular formula is C18H19N7O3. The van der Waals surface area contributed by atoms with Crippen LogP contribution in [0.1, 0.15) is 21.9 Å². The number of hydrogen-bond donors (Lipinski definition) is 2. The lowest BCUT2D eigenvalue weighted by atomic mass is 10.2. The van der Waals surface area contributed by atoms with Gasteiger partial charge >= 0.3 is 0 Å². The van der Waals surface area contributed by atoms with Crippen LogP contribution < -0.4 is 10.6 Å². The van der Waals surface area contributed by atoms with Gasteiger partial charge < -0.3 is 14.6 Å². The number of fused-ring (bicyclic) bond motifs is 1. The highest BCUT2D eigenvalue weighted by atomic mass is 16.5. The maximum absolute atomic E-state index is 12.3. The first-order chi connectivity index (χ1) is 13.7. The van der Waals surface area contributed by atoms with Crippen LogP contribution in [0, 0.1) is 0 Å². The highest BCUT2D eigenvalue weighted by Gasteiger charge is 2.18. The maximum Gasteiger partial charge on any atom is 0.278 e. The summed E-state index contributed by atoms with van der Waals surface area (Å²) in [6, 6.07) is 9.62. The topological polar surface area (TPSA) is 116 Å². The molecule has 3 aromatic rings. The average Bonchev–Trinajstić information content (AvgIpc) is 3.34. The lowest BCUT2D eigenvalue weighted by molar-refractivity contribution is -0.122. The summed E-state index contributed by atoms with van der Waals surface area (Å²) in [5.74, 6) is 0.217. The molecule has 2 amide bonds. The standard InChI is InChI=1S/C18H19N7O3/c26-16(19-8-13-4-2-1-3-5-13)10-25-12-20-18(23-25)22-17(27)14-9-24-6-7-28-11-15(24)21-14/h1-5,9,12H,6-8,10-11H2,(H,19,26)(H,22,23,27). The second-order valence-electron chi connectivity index (χ2n) is 6.27. The molecule has 3 heterocycles. The Kier molecular flexibility index (Phi) is 5.11. The lowest BCUT2D eigenvalue weighted by Crippen LogP contribution is -2.27. The van der Waals surface area contributed by atoms with Gasteiger partial charge in [0.1, 0.15) is 31.0 Å². The van der Waals surface area contributed by atoms with Crippen molar-refractivity contribution in [1.29, 1.82) is 0 Å². The summed E-state index contributed by atoms with van der Waals surface area (Å²) >= 11 is 0. The van der Waals surface area contributed by atoms with Crippen LogP contribution in [0.2, 0.25) is 0 Å². The highest BCUT2D eigenvalue weighted by Crippen LogP contribution is 2.11. The van der Waals surface area contributed by atoms with E-state index < -0.39 is 5.91 Å². The molecule has 10 nitrogen and oxygen atoms in total. The largest absolute Gasteiger partial charge is 0.372 e. The molecule has 1 aromatic carbocycles. The zero-order chi connectivity index (χ0) is 19.3. The quantitative estimate of drug-likeness (QED) is 0.645. The second kappa shape index (κ2) is 8.01. The van der Waals surface area contributed by atoms with Gasteiger partial charge in [0.25, 0.3) is 5.91 Å². The molecule has 2 aromatic heterocycles. The van der Waals surface area contributed by atoms with Gasteiger partial charge in [0.2, 0.25) is 11.9 Å². The minimum Gasteiger partial charge on any atom is -0.372 e. The predicted molar refractivity (Wildman–Crippen MR) is 98.1 cm³/mol. The van der Waals surface area contributed by atoms with Gasteiger partial charge in [-0.05, 0) is 5.56 Å². The predicted octanol–water partition coefficient (Wildman–Crippen LogP) is 0.574. The number of carbonyl (C=O) groups excluding carboxylic acids is 2. The van der Waals surface area contributed by atoms with Gasteiger partial charge in [-0.25, -0.2) is 14.6 Å². The van der Waals surface area contributed by atoms with E-state index in [-0.39, 0.29) is 24.1 Å². The molecule has 0 bridgehead atoms. The summed E-state index contributed by atoms with van der Waals surface area (Å²) in [6.45, 7) is 2.10. The molecule has 0 spiro atoms. The van der Waals surface area contributed by atoms with Crippen molar-refractivity contribution in [1.82, 2.24) is 29.6 Å². The molecule has 0 fully saturated rings. The number of anilines is 1. The van der Waals surface area contributed by atoms with Gasteiger partial charge in [-0.15, -0.1) is 5.10 Å². The number of imidazole rings is 1. The van der Waals surface area contributed by atoms with E-state index in [1.807, 2.05) is 34.9 Å². The molecule has 144 valence electrons. The third-order valence-corrected chi connectivity index (χ3v) is 4.20. The fourth-order valence-corrected chi connectivity index (χ4v) is 2.79. The molecule has 28 heavy (non-hydrogen) atoms. The van der Waals surface area contributed by atoms with Gasteiger partial charge in [-0.1, -0.05) is 30.3 Å². The fourth-order valence-electron chi connectivity index (χ4n) is 2.79. The number of rotatable bonds is 6. The Bertz CT molecular complexity index is 957. The Morgan fingerprint density at radius 2 is 2.07 bits per heavy atom. The molecule has 0 saturated carbocycles. The van der Waals surface area contributed by atoms with Crippen molar-refractivity contribution in [3.63, 3.8) is 0 Å². The van der Waals surface area contributed by atoms with Crippen molar-refractivity contribution in [3.8, 4) is 0 Å². The fraction of sp³-hybridized carbons (Fsp3) is 0.278. The number of benzene rings is 1. The monoisotopic (exact) mass is 381 g/mol. The van der Waals surface area contributed by atoms with Crippen LogP contribution in [0.3, 0.4) is 0 Å². The Hall–Kier alpha value is -3.53. The molecule has 1 aliphatic heterocycles. The first kappa shape index (κ1) is 17.9. The lowest BCUT2D eigenvalue weighted by Gasteiger charge is -2.13. The number of aromatic nitrogens is 5. The van der Waals surface area contributed by atoms with Crippen LogP contribution in [-0.4, -0.2) is 42.7 Å². The SMILES string of the molecule is O=C(Cn1cnc(NC(=O)c2cn3c(n2)COCC3)n1)NCc1ccccc1. The molecule has 10 heteroatoms. The van der Waals surface area contributed by atoms with Crippen LogP contribution in [0.25, 0.3) is 0 Å². The summed E-state index contributed by atoms with van der Waals surface area (Å²) < 4.78 is 8.57. The first-order valence-electron chi connectivity index (χ1n) is 8.82. The van der Waals surface area contributed by atoms with Crippen LogP contribution in [0.4, 0.5) is 5.95 Å². The minimum atomic E-state index is -0.409.